The molecule has 0 aromatic carbocycles. The molecule has 2 aliphatic rings. The first-order chi connectivity index (χ1) is 15.0. The van der Waals surface area contributed by atoms with Crippen LogP contribution in [-0.4, -0.2) is 87.6 Å². The molecule has 0 spiro atoms. The van der Waals surface area contributed by atoms with E-state index in [4.69, 9.17) is 16.2 Å². The smallest absolute Gasteiger partial charge is 0.549 e. The molecule has 1 aliphatic heterocycles. The van der Waals surface area contributed by atoms with E-state index < -0.39 is 54.5 Å². The molecule has 33 heavy (non-hydrogen) atoms. The summed E-state index contributed by atoms with van der Waals surface area (Å²) in [4.78, 5) is 32.6. The number of carboxylic acids is 2. The number of rotatable bonds is 8. The van der Waals surface area contributed by atoms with E-state index in [1.54, 1.807) is 0 Å². The van der Waals surface area contributed by atoms with Crippen molar-refractivity contribution in [3.05, 3.63) is 0 Å². The number of aliphatic hydroxyl groups excluding tert-OH is 4. The summed E-state index contributed by atoms with van der Waals surface area (Å²) in [5, 5.41) is 61.1. The van der Waals surface area contributed by atoms with Gasteiger partial charge in [0.25, 0.3) is 0 Å². The van der Waals surface area contributed by atoms with E-state index in [2.05, 4.69) is 5.32 Å². The van der Waals surface area contributed by atoms with Crippen LogP contribution in [0.2, 0.25) is 0 Å². The molecule has 2 fully saturated rings. The molecule has 1 saturated heterocycles. The van der Waals surface area contributed by atoms with Gasteiger partial charge in [0.05, 0.1) is 11.9 Å². The summed E-state index contributed by atoms with van der Waals surface area (Å²) in [5.41, 5.74) is 11.3. The number of hydrogen-bond acceptors (Lipinski definition) is 12. The number of aliphatic hydroxyl groups is 4. The normalized spacial score (nSPS) is 31.5. The van der Waals surface area contributed by atoms with Gasteiger partial charge in [-0.25, -0.2) is 0 Å². The third-order valence-electron chi connectivity index (χ3n) is 5.53. The van der Waals surface area contributed by atoms with Crippen molar-refractivity contribution < 1.29 is 70.8 Å². The predicted molar refractivity (Wildman–Crippen MR) is 104 cm³/mol. The van der Waals surface area contributed by atoms with Gasteiger partial charge in [-0.05, 0) is 25.7 Å². The van der Waals surface area contributed by atoms with Crippen molar-refractivity contribution >= 4 is 17.8 Å². The standard InChI is InChI=1S/C13H21NO10.C6H14N2.Pt/c15-7(3-1-2-5(11(19)20)12(21)22)14-4-6-8(16)9(17)10(18)13(23)24-6;7-5-3-1-2-4-6(5)8;/h5-6,8-10,13,16-18,23H,1-4H2,(H,14,15)(H,19,20)(H,21,22);5-6H,1-4,7-8H2;/q;;+2/p-2/t6-,8-,9+,10-,13?;5-,6-;/m11./s1. The van der Waals surface area contributed by atoms with Crippen molar-refractivity contribution in [3.8, 4) is 0 Å². The summed E-state index contributed by atoms with van der Waals surface area (Å²) in [6, 6.07) is 0.562. The summed E-state index contributed by atoms with van der Waals surface area (Å²) < 4.78 is 4.85. The second kappa shape index (κ2) is 15.7. The van der Waals surface area contributed by atoms with Crippen molar-refractivity contribution in [3.63, 3.8) is 0 Å². The van der Waals surface area contributed by atoms with Crippen molar-refractivity contribution in [1.82, 2.24) is 5.32 Å². The topological polar surface area (TPSA) is 252 Å². The number of carbonyl (C=O) groups excluding carboxylic acids is 3. The van der Waals surface area contributed by atoms with Crippen LogP contribution in [0.15, 0.2) is 0 Å². The third kappa shape index (κ3) is 10.7. The Labute approximate surface area is 205 Å². The molecule has 0 bridgehead atoms. The fourth-order valence-corrected chi connectivity index (χ4v) is 3.39. The second-order valence-corrected chi connectivity index (χ2v) is 8.04. The van der Waals surface area contributed by atoms with E-state index in [1.807, 2.05) is 0 Å². The number of hydrogen-bond donors (Lipinski definition) is 7. The predicted octanol–water partition coefficient (Wildman–Crippen LogP) is -5.60. The van der Waals surface area contributed by atoms with Crippen LogP contribution in [-0.2, 0) is 40.2 Å². The molecule has 0 aromatic heterocycles. The quantitative estimate of drug-likeness (QED) is 0.121. The molecule has 0 aromatic rings. The van der Waals surface area contributed by atoms with E-state index in [9.17, 15) is 45.0 Å². The largest absolute Gasteiger partial charge is 2.00 e. The average Bonchev–Trinajstić information content (AvgIpc) is 2.73. The Balaban J connectivity index is 0.000000956. The molecule has 9 N–H and O–H groups in total. The number of carboxylic acid groups (broad SMARTS) is 2. The molecule has 1 saturated carbocycles. The van der Waals surface area contributed by atoms with Crippen molar-refractivity contribution in [1.29, 1.82) is 0 Å². The van der Waals surface area contributed by atoms with Crippen molar-refractivity contribution in [2.45, 2.75) is 87.7 Å². The van der Waals surface area contributed by atoms with Crippen LogP contribution >= 0.6 is 0 Å². The minimum atomic E-state index is -1.81. The van der Waals surface area contributed by atoms with Crippen LogP contribution in [0.1, 0.15) is 44.9 Å². The zero-order valence-electron chi connectivity index (χ0n) is 18.0. The van der Waals surface area contributed by atoms with E-state index in [1.165, 1.54) is 12.8 Å². The number of carbonyl (C=O) groups is 3. The van der Waals surface area contributed by atoms with Gasteiger partial charge >= 0.3 is 21.1 Å². The maximum absolute atomic E-state index is 11.6. The molecular weight excluding hydrogens is 625 g/mol. The Hall–Kier alpha value is -1.18. The molecule has 13 nitrogen and oxygen atoms in total. The van der Waals surface area contributed by atoms with Crippen LogP contribution in [0, 0.1) is 5.92 Å². The molecule has 7 atom stereocenters. The summed E-state index contributed by atoms with van der Waals surface area (Å²) in [6.45, 7) is -0.286. The fraction of sp³-hybridized carbons (Fsp3) is 0.842. The molecule has 194 valence electrons. The minimum absolute atomic E-state index is 0. The zero-order valence-corrected chi connectivity index (χ0v) is 20.3. The molecule has 1 amide bonds. The maximum atomic E-state index is 11.6. The van der Waals surface area contributed by atoms with E-state index in [-0.39, 0.29) is 59.0 Å². The third-order valence-corrected chi connectivity index (χ3v) is 5.53. The average molecular weight is 659 g/mol. The first-order valence-corrected chi connectivity index (χ1v) is 10.5. The molecular formula is C19H33N3O10Pt. The molecule has 0 radical (unpaired) electrons. The molecule has 14 heteroatoms. The van der Waals surface area contributed by atoms with Crippen molar-refractivity contribution in [2.24, 2.45) is 17.4 Å². The van der Waals surface area contributed by atoms with E-state index >= 15 is 0 Å². The second-order valence-electron chi connectivity index (χ2n) is 8.04. The summed E-state index contributed by atoms with van der Waals surface area (Å²) in [5.74, 6) is -5.99. The van der Waals surface area contributed by atoms with Gasteiger partial charge in [-0.1, -0.05) is 12.8 Å². The molecule has 1 aliphatic carbocycles. The van der Waals surface area contributed by atoms with Gasteiger partial charge in [-0.3, -0.25) is 4.79 Å². The van der Waals surface area contributed by atoms with Gasteiger partial charge in [0.2, 0.25) is 5.91 Å². The molecule has 1 heterocycles. The monoisotopic (exact) mass is 658 g/mol. The number of aliphatic carboxylic acids is 2. The fourth-order valence-electron chi connectivity index (χ4n) is 3.39. The Morgan fingerprint density at radius 3 is 1.91 bits per heavy atom. The molecule has 1 unspecified atom stereocenters. The van der Waals surface area contributed by atoms with Crippen molar-refractivity contribution in [2.75, 3.05) is 6.54 Å². The van der Waals surface area contributed by atoms with Crippen LogP contribution in [0.5, 0.6) is 0 Å². The van der Waals surface area contributed by atoms with Gasteiger partial charge in [0.1, 0.15) is 24.4 Å². The van der Waals surface area contributed by atoms with Crippen LogP contribution in [0.3, 0.4) is 0 Å². The Bertz CT molecular complexity index is 605. The number of nitrogens with one attached hydrogen (secondary N) is 1. The first-order valence-electron chi connectivity index (χ1n) is 10.5. The van der Waals surface area contributed by atoms with Crippen LogP contribution in [0.4, 0.5) is 0 Å². The summed E-state index contributed by atoms with van der Waals surface area (Å²) >= 11 is 0. The van der Waals surface area contributed by atoms with Crippen LogP contribution < -0.4 is 27.0 Å². The van der Waals surface area contributed by atoms with E-state index in [0.717, 1.165) is 12.8 Å². The minimum Gasteiger partial charge on any atom is -0.549 e. The maximum Gasteiger partial charge on any atom is 2.00 e. The van der Waals surface area contributed by atoms with Gasteiger partial charge in [-0.2, -0.15) is 0 Å². The SMILES string of the molecule is N[C@@H]1CCCC[C@H]1N.O=C(CCCC(C(=O)[O-])C(=O)[O-])NC[C@H]1OC(O)[C@H](O)[C@@H](O)[C@@H]1O.[Pt+2]. The summed E-state index contributed by atoms with van der Waals surface area (Å²) in [7, 11) is 0. The number of nitrogens with two attached hydrogens (primary N) is 2. The zero-order chi connectivity index (χ0) is 24.4. The van der Waals surface area contributed by atoms with Gasteiger partial charge < -0.3 is 61.7 Å². The van der Waals surface area contributed by atoms with Gasteiger partial charge in [0.15, 0.2) is 6.29 Å². The Morgan fingerprint density at radius 1 is 0.939 bits per heavy atom. The Morgan fingerprint density at radius 2 is 1.45 bits per heavy atom. The number of ether oxygens (including phenoxy) is 1. The van der Waals surface area contributed by atoms with E-state index in [0.29, 0.717) is 0 Å². The first kappa shape index (κ1) is 31.8. The van der Waals surface area contributed by atoms with Crippen LogP contribution in [0.25, 0.3) is 0 Å². The number of amides is 1. The summed E-state index contributed by atoms with van der Waals surface area (Å²) in [6.07, 6.45) is -3.57. The molecule has 2 rings (SSSR count). The van der Waals surface area contributed by atoms with Gasteiger partial charge in [-0.15, -0.1) is 0 Å². The van der Waals surface area contributed by atoms with Gasteiger partial charge in [0, 0.05) is 31.0 Å². The Kier molecular flexibility index (Phi) is 15.1.